The molecule has 0 radical (unpaired) electrons. The van der Waals surface area contributed by atoms with E-state index in [1.807, 2.05) is 0 Å². The van der Waals surface area contributed by atoms with Gasteiger partial charge in [0.25, 0.3) is 0 Å². The summed E-state index contributed by atoms with van der Waals surface area (Å²) in [4.78, 5) is 3.53. The van der Waals surface area contributed by atoms with Crippen molar-refractivity contribution in [1.29, 1.82) is 0 Å². The van der Waals surface area contributed by atoms with Gasteiger partial charge in [-0.3, -0.25) is 4.98 Å². The summed E-state index contributed by atoms with van der Waals surface area (Å²) in [6, 6.07) is 2.26. The first-order valence-electron chi connectivity index (χ1n) is 2.74. The minimum Gasteiger partial charge on any atom is -0.406 e. The largest absolute Gasteiger partial charge is 0.573 e. The maximum atomic E-state index is 11.5. The molecule has 0 spiro atoms. The van der Waals surface area contributed by atoms with E-state index in [9.17, 15) is 13.2 Å². The molecule has 0 saturated carbocycles. The zero-order chi connectivity index (χ0) is 8.32. The highest BCUT2D eigenvalue weighted by molar-refractivity contribution is 5.16. The summed E-state index contributed by atoms with van der Waals surface area (Å²) in [5.74, 6) is -0.257. The van der Waals surface area contributed by atoms with Crippen LogP contribution < -0.4 is 4.74 Å². The topological polar surface area (TPSA) is 22.1 Å². The Morgan fingerprint density at radius 3 is 2.18 bits per heavy atom. The van der Waals surface area contributed by atoms with Crippen LogP contribution in [0.15, 0.2) is 24.5 Å². The fourth-order valence-corrected chi connectivity index (χ4v) is 0.540. The predicted octanol–water partition coefficient (Wildman–Crippen LogP) is 1.98. The average molecular weight is 163 g/mol. The number of hydrogen-bond donors (Lipinski definition) is 0. The Balaban J connectivity index is 2.66. The van der Waals surface area contributed by atoms with Crippen LogP contribution >= 0.6 is 0 Å². The van der Waals surface area contributed by atoms with E-state index in [0.717, 1.165) is 12.1 Å². The monoisotopic (exact) mass is 163 g/mol. The zero-order valence-corrected chi connectivity index (χ0v) is 5.30. The summed E-state index contributed by atoms with van der Waals surface area (Å²) in [5.41, 5.74) is 0. The van der Waals surface area contributed by atoms with Crippen LogP contribution in [0.1, 0.15) is 0 Å². The van der Waals surface area contributed by atoms with Crippen molar-refractivity contribution in [1.82, 2.24) is 4.98 Å². The van der Waals surface area contributed by atoms with Crippen LogP contribution in [0.25, 0.3) is 0 Å². The Bertz CT molecular complexity index is 221. The number of rotatable bonds is 1. The Labute approximate surface area is 60.6 Å². The first-order valence-corrected chi connectivity index (χ1v) is 2.74. The van der Waals surface area contributed by atoms with E-state index in [2.05, 4.69) is 9.72 Å². The maximum Gasteiger partial charge on any atom is 0.573 e. The van der Waals surface area contributed by atoms with Gasteiger partial charge in [-0.05, 0) is 12.1 Å². The molecule has 0 N–H and O–H groups in total. The lowest BCUT2D eigenvalue weighted by molar-refractivity contribution is -0.274. The molecule has 1 aromatic heterocycles. The van der Waals surface area contributed by atoms with E-state index in [4.69, 9.17) is 0 Å². The van der Waals surface area contributed by atoms with Crippen LogP contribution in [0.4, 0.5) is 13.2 Å². The van der Waals surface area contributed by atoms with Gasteiger partial charge in [0.2, 0.25) is 0 Å². The van der Waals surface area contributed by atoms with Crippen LogP contribution in [-0.2, 0) is 0 Å². The molecule has 1 rings (SSSR count). The summed E-state index contributed by atoms with van der Waals surface area (Å²) in [7, 11) is 0. The Hall–Kier alpha value is -1.26. The van der Waals surface area contributed by atoms with Gasteiger partial charge in [0.1, 0.15) is 5.75 Å². The van der Waals surface area contributed by atoms with Gasteiger partial charge in [-0.25, -0.2) is 0 Å². The van der Waals surface area contributed by atoms with Crippen LogP contribution in [0.2, 0.25) is 0 Å². The second-order valence-electron chi connectivity index (χ2n) is 1.73. The van der Waals surface area contributed by atoms with Gasteiger partial charge in [-0.15, -0.1) is 13.2 Å². The highest BCUT2D eigenvalue weighted by atomic mass is 19.4. The highest BCUT2D eigenvalue weighted by Crippen LogP contribution is 2.20. The molecule has 0 atom stereocenters. The van der Waals surface area contributed by atoms with Crippen LogP contribution in [-0.4, -0.2) is 11.3 Å². The molecule has 0 amide bonds. The SMILES string of the molecule is FC(F)(F)Oc1ccncc1. The molecule has 2 nitrogen and oxygen atoms in total. The molecule has 0 saturated heterocycles. The van der Waals surface area contributed by atoms with Crippen molar-refractivity contribution in [2.24, 2.45) is 0 Å². The van der Waals surface area contributed by atoms with Crippen LogP contribution in [0.5, 0.6) is 5.75 Å². The maximum absolute atomic E-state index is 11.5. The van der Waals surface area contributed by atoms with E-state index in [-0.39, 0.29) is 5.75 Å². The lowest BCUT2D eigenvalue weighted by Gasteiger charge is -2.06. The molecule has 0 aliphatic carbocycles. The standard InChI is InChI=1S/C6H4F3NO/c7-6(8,9)11-5-1-3-10-4-2-5/h1-4H. The van der Waals surface area contributed by atoms with Crippen molar-refractivity contribution in [2.75, 3.05) is 0 Å². The van der Waals surface area contributed by atoms with E-state index >= 15 is 0 Å². The summed E-state index contributed by atoms with van der Waals surface area (Å²) < 4.78 is 38.1. The van der Waals surface area contributed by atoms with Crippen molar-refractivity contribution in [3.8, 4) is 5.75 Å². The van der Waals surface area contributed by atoms with Gasteiger partial charge in [-0.2, -0.15) is 0 Å². The fourth-order valence-electron chi connectivity index (χ4n) is 0.540. The summed E-state index contributed by atoms with van der Waals surface area (Å²) in [6.07, 6.45) is -2.18. The summed E-state index contributed by atoms with van der Waals surface area (Å²) >= 11 is 0. The van der Waals surface area contributed by atoms with Crippen molar-refractivity contribution < 1.29 is 17.9 Å². The number of alkyl halides is 3. The van der Waals surface area contributed by atoms with Crippen molar-refractivity contribution in [2.45, 2.75) is 6.36 Å². The van der Waals surface area contributed by atoms with Gasteiger partial charge in [0.05, 0.1) is 0 Å². The van der Waals surface area contributed by atoms with E-state index in [0.29, 0.717) is 0 Å². The molecule has 0 bridgehead atoms. The Morgan fingerprint density at radius 1 is 1.18 bits per heavy atom. The predicted molar refractivity (Wildman–Crippen MR) is 30.9 cm³/mol. The lowest BCUT2D eigenvalue weighted by atomic mass is 10.5. The van der Waals surface area contributed by atoms with Crippen molar-refractivity contribution >= 4 is 0 Å². The number of halogens is 3. The van der Waals surface area contributed by atoms with E-state index in [1.165, 1.54) is 12.4 Å². The quantitative estimate of drug-likeness (QED) is 0.631. The number of pyridine rings is 1. The summed E-state index contributed by atoms with van der Waals surface area (Å²) in [6.45, 7) is 0. The van der Waals surface area contributed by atoms with E-state index in [1.54, 1.807) is 0 Å². The molecule has 1 aromatic rings. The number of hydrogen-bond acceptors (Lipinski definition) is 2. The van der Waals surface area contributed by atoms with E-state index < -0.39 is 6.36 Å². The van der Waals surface area contributed by atoms with Gasteiger partial charge in [0.15, 0.2) is 0 Å². The third kappa shape index (κ3) is 2.88. The third-order valence-electron chi connectivity index (χ3n) is 0.883. The molecular formula is C6H4F3NO. The number of ether oxygens (including phenoxy) is 1. The zero-order valence-electron chi connectivity index (χ0n) is 5.30. The molecule has 0 aliphatic rings. The third-order valence-corrected chi connectivity index (χ3v) is 0.883. The fraction of sp³-hybridized carbons (Fsp3) is 0.167. The molecule has 0 unspecified atom stereocenters. The van der Waals surface area contributed by atoms with Crippen molar-refractivity contribution in [3.05, 3.63) is 24.5 Å². The number of aromatic nitrogens is 1. The molecular weight excluding hydrogens is 159 g/mol. The smallest absolute Gasteiger partial charge is 0.406 e. The molecule has 60 valence electrons. The first kappa shape index (κ1) is 7.84. The van der Waals surface area contributed by atoms with Gasteiger partial charge in [-0.1, -0.05) is 0 Å². The molecule has 11 heavy (non-hydrogen) atoms. The minimum atomic E-state index is -4.62. The first-order chi connectivity index (χ1) is 5.08. The molecule has 0 aliphatic heterocycles. The molecule has 5 heteroatoms. The second kappa shape index (κ2) is 2.77. The lowest BCUT2D eigenvalue weighted by Crippen LogP contribution is -2.16. The molecule has 0 aromatic carbocycles. The molecule has 0 fully saturated rings. The van der Waals surface area contributed by atoms with Gasteiger partial charge in [0, 0.05) is 12.4 Å². The average Bonchev–Trinajstić information content (AvgIpc) is 1.85. The van der Waals surface area contributed by atoms with Gasteiger partial charge < -0.3 is 4.74 Å². The van der Waals surface area contributed by atoms with Crippen LogP contribution in [0, 0.1) is 0 Å². The Morgan fingerprint density at radius 2 is 1.73 bits per heavy atom. The second-order valence-corrected chi connectivity index (χ2v) is 1.73. The van der Waals surface area contributed by atoms with Crippen molar-refractivity contribution in [3.63, 3.8) is 0 Å². The van der Waals surface area contributed by atoms with Crippen LogP contribution in [0.3, 0.4) is 0 Å². The molecule has 1 heterocycles. The number of nitrogens with zero attached hydrogens (tertiary/aromatic N) is 1. The summed E-state index contributed by atoms with van der Waals surface area (Å²) in [5, 5.41) is 0. The Kier molecular flexibility index (Phi) is 1.98. The van der Waals surface area contributed by atoms with Gasteiger partial charge >= 0.3 is 6.36 Å². The normalized spacial score (nSPS) is 11.2. The minimum absolute atomic E-state index is 0.257. The highest BCUT2D eigenvalue weighted by Gasteiger charge is 2.30.